The molecule has 1 aromatic heterocycles. The number of rotatable bonds is 3. The first-order chi connectivity index (χ1) is 10.2. The van der Waals surface area contributed by atoms with Crippen molar-refractivity contribution >= 4 is 11.6 Å². The van der Waals surface area contributed by atoms with Crippen LogP contribution in [0.5, 0.6) is 0 Å². The van der Waals surface area contributed by atoms with Gasteiger partial charge < -0.3 is 5.32 Å². The molecule has 2 aromatic carbocycles. The van der Waals surface area contributed by atoms with Crippen molar-refractivity contribution in [1.82, 2.24) is 20.2 Å². The zero-order valence-corrected chi connectivity index (χ0v) is 11.4. The van der Waals surface area contributed by atoms with Gasteiger partial charge in [0.25, 0.3) is 0 Å². The van der Waals surface area contributed by atoms with Crippen LogP contribution >= 0.6 is 0 Å². The minimum absolute atomic E-state index is 0.141. The number of benzene rings is 2. The van der Waals surface area contributed by atoms with Crippen LogP contribution in [-0.4, -0.2) is 26.1 Å². The molecule has 1 heterocycles. The van der Waals surface area contributed by atoms with Crippen LogP contribution in [0.15, 0.2) is 54.6 Å². The first-order valence-electron chi connectivity index (χ1n) is 6.46. The zero-order valence-electron chi connectivity index (χ0n) is 11.4. The van der Waals surface area contributed by atoms with Gasteiger partial charge in [0.15, 0.2) is 0 Å². The number of carbonyl (C=O) groups excluding carboxylic acids is 1. The predicted octanol–water partition coefficient (Wildman–Crippen LogP) is 2.29. The summed E-state index contributed by atoms with van der Waals surface area (Å²) in [6.45, 7) is 1.46. The highest BCUT2D eigenvalue weighted by molar-refractivity contribution is 5.93. The average molecular weight is 279 g/mol. The van der Waals surface area contributed by atoms with Crippen LogP contribution < -0.4 is 5.32 Å². The molecule has 0 radical (unpaired) electrons. The van der Waals surface area contributed by atoms with Crippen molar-refractivity contribution in [2.45, 2.75) is 6.92 Å². The third kappa shape index (κ3) is 2.79. The van der Waals surface area contributed by atoms with Gasteiger partial charge in [0, 0.05) is 12.5 Å². The molecule has 0 unspecified atom stereocenters. The Morgan fingerprint density at radius 2 is 1.76 bits per heavy atom. The molecular formula is C15H13N5O. The first-order valence-corrected chi connectivity index (χ1v) is 6.46. The molecule has 104 valence electrons. The highest BCUT2D eigenvalue weighted by Crippen LogP contribution is 2.24. The second-order valence-electron chi connectivity index (χ2n) is 4.46. The van der Waals surface area contributed by atoms with Gasteiger partial charge in [-0.05, 0) is 29.5 Å². The fourth-order valence-electron chi connectivity index (χ4n) is 1.97. The molecule has 3 rings (SSSR count). The monoisotopic (exact) mass is 279 g/mol. The van der Waals surface area contributed by atoms with Gasteiger partial charge in [-0.3, -0.25) is 4.79 Å². The number of amides is 1. The van der Waals surface area contributed by atoms with Crippen LogP contribution in [-0.2, 0) is 4.79 Å². The van der Waals surface area contributed by atoms with Crippen molar-refractivity contribution in [2.24, 2.45) is 0 Å². The largest absolute Gasteiger partial charge is 0.326 e. The molecule has 0 spiro atoms. The van der Waals surface area contributed by atoms with Gasteiger partial charge in [-0.1, -0.05) is 30.3 Å². The maximum atomic E-state index is 11.3. The molecule has 0 aliphatic carbocycles. The molecule has 0 atom stereocenters. The summed E-state index contributed by atoms with van der Waals surface area (Å²) in [5.41, 5.74) is 2.22. The van der Waals surface area contributed by atoms with Gasteiger partial charge >= 0.3 is 0 Å². The van der Waals surface area contributed by atoms with Crippen molar-refractivity contribution in [2.75, 3.05) is 5.32 Å². The zero-order chi connectivity index (χ0) is 14.7. The minimum Gasteiger partial charge on any atom is -0.326 e. The van der Waals surface area contributed by atoms with E-state index in [0.29, 0.717) is 11.5 Å². The minimum atomic E-state index is -0.141. The van der Waals surface area contributed by atoms with Crippen molar-refractivity contribution in [1.29, 1.82) is 0 Å². The molecule has 21 heavy (non-hydrogen) atoms. The first kappa shape index (κ1) is 13.0. The van der Waals surface area contributed by atoms with Gasteiger partial charge in [0.05, 0.1) is 11.4 Å². The molecule has 0 saturated carbocycles. The van der Waals surface area contributed by atoms with Crippen LogP contribution in [0.1, 0.15) is 6.92 Å². The molecule has 3 aromatic rings. The van der Waals surface area contributed by atoms with E-state index in [9.17, 15) is 4.79 Å². The lowest BCUT2D eigenvalue weighted by Crippen LogP contribution is -2.07. The highest BCUT2D eigenvalue weighted by Gasteiger charge is 2.11. The average Bonchev–Trinajstić information content (AvgIpc) is 2.98. The maximum Gasteiger partial charge on any atom is 0.221 e. The van der Waals surface area contributed by atoms with E-state index >= 15 is 0 Å². The molecule has 0 fully saturated rings. The number of carbonyl (C=O) groups is 1. The second-order valence-corrected chi connectivity index (χ2v) is 4.46. The maximum absolute atomic E-state index is 11.3. The summed E-state index contributed by atoms with van der Waals surface area (Å²) in [6, 6.07) is 16.9. The summed E-state index contributed by atoms with van der Waals surface area (Å²) in [6.07, 6.45) is 0. The van der Waals surface area contributed by atoms with E-state index in [-0.39, 0.29) is 5.91 Å². The van der Waals surface area contributed by atoms with Crippen molar-refractivity contribution < 1.29 is 4.79 Å². The Bertz CT molecular complexity index is 766. The lowest BCUT2D eigenvalue weighted by Gasteiger charge is -2.05. The number of nitrogens with one attached hydrogen (secondary N) is 1. The summed E-state index contributed by atoms with van der Waals surface area (Å²) in [5.74, 6) is 0.320. The van der Waals surface area contributed by atoms with Gasteiger partial charge in [0.1, 0.15) is 0 Å². The van der Waals surface area contributed by atoms with E-state index in [2.05, 4.69) is 20.7 Å². The van der Waals surface area contributed by atoms with Gasteiger partial charge in [-0.2, -0.15) is 0 Å². The van der Waals surface area contributed by atoms with Gasteiger partial charge in [-0.15, -0.1) is 15.0 Å². The summed E-state index contributed by atoms with van der Waals surface area (Å²) in [5, 5.41) is 15.2. The number of hydrogen-bond donors (Lipinski definition) is 1. The summed E-state index contributed by atoms with van der Waals surface area (Å²) in [7, 11) is 0. The SMILES string of the molecule is CC(=O)Nc1ccccc1-c1nnn(-c2ccccc2)n1. The topological polar surface area (TPSA) is 72.7 Å². The fraction of sp³-hybridized carbons (Fsp3) is 0.0667. The van der Waals surface area contributed by atoms with Crippen LogP contribution in [0, 0.1) is 0 Å². The number of tetrazole rings is 1. The Labute approximate surface area is 121 Å². The van der Waals surface area contributed by atoms with E-state index in [4.69, 9.17) is 0 Å². The Kier molecular flexibility index (Phi) is 3.42. The van der Waals surface area contributed by atoms with E-state index < -0.39 is 0 Å². The van der Waals surface area contributed by atoms with E-state index in [0.717, 1.165) is 11.3 Å². The van der Waals surface area contributed by atoms with E-state index in [1.54, 1.807) is 6.07 Å². The van der Waals surface area contributed by atoms with Gasteiger partial charge in [0.2, 0.25) is 11.7 Å². The third-order valence-corrected chi connectivity index (χ3v) is 2.88. The van der Waals surface area contributed by atoms with Crippen LogP contribution in [0.3, 0.4) is 0 Å². The number of hydrogen-bond acceptors (Lipinski definition) is 4. The number of anilines is 1. The molecule has 0 saturated heterocycles. The number of nitrogens with zero attached hydrogens (tertiary/aromatic N) is 4. The predicted molar refractivity (Wildman–Crippen MR) is 78.9 cm³/mol. The fourth-order valence-corrected chi connectivity index (χ4v) is 1.97. The third-order valence-electron chi connectivity index (χ3n) is 2.88. The molecule has 0 aliphatic rings. The Morgan fingerprint density at radius 1 is 1.05 bits per heavy atom. The second kappa shape index (κ2) is 5.54. The molecule has 0 aliphatic heterocycles. The lowest BCUT2D eigenvalue weighted by atomic mass is 10.1. The highest BCUT2D eigenvalue weighted by atomic mass is 16.1. The van der Waals surface area contributed by atoms with Crippen molar-refractivity contribution in [3.63, 3.8) is 0 Å². The van der Waals surface area contributed by atoms with Crippen LogP contribution in [0.4, 0.5) is 5.69 Å². The van der Waals surface area contributed by atoms with Crippen LogP contribution in [0.2, 0.25) is 0 Å². The van der Waals surface area contributed by atoms with E-state index in [1.807, 2.05) is 48.5 Å². The summed E-state index contributed by atoms with van der Waals surface area (Å²) in [4.78, 5) is 12.7. The number of para-hydroxylation sites is 2. The molecule has 6 nitrogen and oxygen atoms in total. The molecule has 1 N–H and O–H groups in total. The molecule has 1 amide bonds. The Hall–Kier alpha value is -3.02. The van der Waals surface area contributed by atoms with Gasteiger partial charge in [-0.25, -0.2) is 0 Å². The Balaban J connectivity index is 1.99. The van der Waals surface area contributed by atoms with E-state index in [1.165, 1.54) is 11.7 Å². The lowest BCUT2D eigenvalue weighted by molar-refractivity contribution is -0.114. The summed E-state index contributed by atoms with van der Waals surface area (Å²) >= 11 is 0. The Morgan fingerprint density at radius 3 is 2.52 bits per heavy atom. The molecular weight excluding hydrogens is 266 g/mol. The number of aromatic nitrogens is 4. The van der Waals surface area contributed by atoms with Crippen molar-refractivity contribution in [3.05, 3.63) is 54.6 Å². The smallest absolute Gasteiger partial charge is 0.221 e. The normalized spacial score (nSPS) is 10.3. The molecule has 6 heteroatoms. The quantitative estimate of drug-likeness (QED) is 0.798. The van der Waals surface area contributed by atoms with Crippen LogP contribution in [0.25, 0.3) is 17.1 Å². The van der Waals surface area contributed by atoms with Crippen molar-refractivity contribution in [3.8, 4) is 17.1 Å². The molecule has 0 bridgehead atoms. The summed E-state index contributed by atoms with van der Waals surface area (Å²) < 4.78 is 0. The standard InChI is InChI=1S/C15H13N5O/c1-11(21)16-14-10-6-5-9-13(14)15-17-19-20(18-15)12-7-3-2-4-8-12/h2-10H,1H3,(H,16,21).